The molecule has 0 aliphatic carbocycles. The highest BCUT2D eigenvalue weighted by Gasteiger charge is 2.38. The largest absolute Gasteiger partial charge is 0.444 e. The zero-order chi connectivity index (χ0) is 32.1. The molecule has 0 radical (unpaired) electrons. The van der Waals surface area contributed by atoms with E-state index >= 15 is 0 Å². The SMILES string of the molecule is CC(C)C1CN(C(=O)CC(C)(C)C)C1.CC(C)C1CN(C(=O)OC(C)(C)C)C1.CC(C)C1CN(S(=O)(=O)C(C)C)C1. The topological polar surface area (TPSA) is 87.2 Å². The van der Waals surface area contributed by atoms with E-state index in [0.717, 1.165) is 45.2 Å². The number of rotatable bonds is 6. The molecule has 242 valence electrons. The summed E-state index contributed by atoms with van der Waals surface area (Å²) in [6.45, 7) is 33.7. The van der Waals surface area contributed by atoms with Crippen LogP contribution in [-0.2, 0) is 19.6 Å². The maximum Gasteiger partial charge on any atom is 0.410 e. The monoisotopic (exact) mass is 601 g/mol. The Balaban J connectivity index is 0.000000308. The van der Waals surface area contributed by atoms with Crippen molar-refractivity contribution in [1.82, 2.24) is 14.1 Å². The lowest BCUT2D eigenvalue weighted by Crippen LogP contribution is -2.53. The highest BCUT2D eigenvalue weighted by Crippen LogP contribution is 2.29. The second kappa shape index (κ2) is 14.9. The maximum absolute atomic E-state index is 11.7. The average Bonchev–Trinajstić information content (AvgIpc) is 2.60. The molecule has 3 saturated heterocycles. The molecule has 2 amide bonds. The van der Waals surface area contributed by atoms with Gasteiger partial charge in [0, 0.05) is 45.7 Å². The van der Waals surface area contributed by atoms with Gasteiger partial charge in [0.15, 0.2) is 0 Å². The van der Waals surface area contributed by atoms with Gasteiger partial charge in [0.2, 0.25) is 15.9 Å². The number of ether oxygens (including phenoxy) is 1. The first-order valence-electron chi connectivity index (χ1n) is 15.7. The normalized spacial score (nSPS) is 19.3. The number of amides is 2. The molecule has 3 aliphatic rings. The standard InChI is InChI=1S/C12H23NO.C11H21NO2.C9H19NO2S/c1-9(2)10-7-13(8-10)11(14)6-12(3,4)5;1-8(2)9-6-12(7-9)10(13)14-11(3,4)5;1-7(2)9-5-10(6-9)13(11,12)8(3)4/h9-10H,6-8H2,1-5H3;8-9H,6-7H2,1-5H3;7-9H,5-6H2,1-4H3. The van der Waals surface area contributed by atoms with Crippen LogP contribution >= 0.6 is 0 Å². The van der Waals surface area contributed by atoms with Crippen LogP contribution in [0.5, 0.6) is 0 Å². The Hall–Kier alpha value is -1.35. The molecule has 3 rings (SSSR count). The molecule has 0 atom stereocenters. The molecule has 41 heavy (non-hydrogen) atoms. The van der Waals surface area contributed by atoms with Gasteiger partial charge in [-0.15, -0.1) is 0 Å². The molecule has 3 heterocycles. The zero-order valence-electron chi connectivity index (χ0n) is 28.8. The molecule has 8 nitrogen and oxygen atoms in total. The predicted molar refractivity (Wildman–Crippen MR) is 169 cm³/mol. The summed E-state index contributed by atoms with van der Waals surface area (Å²) in [6.07, 6.45) is 0.507. The molecule has 0 unspecified atom stereocenters. The van der Waals surface area contributed by atoms with Crippen LogP contribution < -0.4 is 0 Å². The van der Waals surface area contributed by atoms with E-state index < -0.39 is 10.0 Å². The molecule has 0 aromatic rings. The molecular weight excluding hydrogens is 538 g/mol. The van der Waals surface area contributed by atoms with Gasteiger partial charge in [-0.3, -0.25) is 4.79 Å². The molecular formula is C32H63N3O5S. The number of carbonyl (C=O) groups is 2. The maximum atomic E-state index is 11.7. The third-order valence-electron chi connectivity index (χ3n) is 8.17. The summed E-state index contributed by atoms with van der Waals surface area (Å²) in [5, 5.41) is -0.277. The molecule has 3 aliphatic heterocycles. The second-order valence-corrected chi connectivity index (χ2v) is 18.3. The van der Waals surface area contributed by atoms with E-state index in [2.05, 4.69) is 62.3 Å². The molecule has 0 aromatic carbocycles. The van der Waals surface area contributed by atoms with Gasteiger partial charge < -0.3 is 14.5 Å². The van der Waals surface area contributed by atoms with E-state index in [0.29, 0.717) is 41.9 Å². The first-order chi connectivity index (χ1) is 18.4. The quantitative estimate of drug-likeness (QED) is 0.354. The van der Waals surface area contributed by atoms with Gasteiger partial charge in [-0.25, -0.2) is 17.5 Å². The summed E-state index contributed by atoms with van der Waals surface area (Å²) >= 11 is 0. The Kier molecular flexibility index (Phi) is 13.7. The second-order valence-electron chi connectivity index (χ2n) is 15.8. The molecule has 9 heteroatoms. The number of hydrogen-bond donors (Lipinski definition) is 0. The van der Waals surface area contributed by atoms with Gasteiger partial charge in [0.1, 0.15) is 5.60 Å². The van der Waals surface area contributed by atoms with Crippen molar-refractivity contribution in [3.8, 4) is 0 Å². The van der Waals surface area contributed by atoms with Gasteiger partial charge in [-0.2, -0.15) is 0 Å². The fourth-order valence-corrected chi connectivity index (χ4v) is 5.91. The van der Waals surface area contributed by atoms with E-state index in [4.69, 9.17) is 4.74 Å². The van der Waals surface area contributed by atoms with E-state index in [9.17, 15) is 18.0 Å². The lowest BCUT2D eigenvalue weighted by Gasteiger charge is -2.42. The Bertz CT molecular complexity index is 881. The summed E-state index contributed by atoms with van der Waals surface area (Å²) in [5.74, 6) is 4.25. The van der Waals surface area contributed by atoms with E-state index in [1.54, 1.807) is 23.1 Å². The van der Waals surface area contributed by atoms with Crippen LogP contribution in [0.2, 0.25) is 0 Å². The van der Waals surface area contributed by atoms with Crippen molar-refractivity contribution >= 4 is 22.0 Å². The van der Waals surface area contributed by atoms with Crippen molar-refractivity contribution in [2.24, 2.45) is 40.9 Å². The number of sulfonamides is 1. The minimum absolute atomic E-state index is 0.125. The Morgan fingerprint density at radius 3 is 1.37 bits per heavy atom. The summed E-state index contributed by atoms with van der Waals surface area (Å²) in [5.41, 5.74) is -0.250. The third-order valence-corrected chi connectivity index (χ3v) is 10.4. The molecule has 0 saturated carbocycles. The van der Waals surface area contributed by atoms with Crippen LogP contribution in [0.25, 0.3) is 0 Å². The van der Waals surface area contributed by atoms with Crippen LogP contribution in [0, 0.1) is 40.9 Å². The molecule has 0 spiro atoms. The van der Waals surface area contributed by atoms with Crippen LogP contribution in [0.3, 0.4) is 0 Å². The number of carbonyl (C=O) groups excluding carboxylic acids is 2. The van der Waals surface area contributed by atoms with Gasteiger partial charge >= 0.3 is 6.09 Å². The van der Waals surface area contributed by atoms with Crippen molar-refractivity contribution in [2.45, 2.75) is 114 Å². The fraction of sp³-hybridized carbons (Fsp3) is 0.938. The van der Waals surface area contributed by atoms with Gasteiger partial charge in [0.25, 0.3) is 0 Å². The van der Waals surface area contributed by atoms with Gasteiger partial charge in [-0.05, 0) is 75.5 Å². The average molecular weight is 602 g/mol. The number of nitrogens with zero attached hydrogens (tertiary/aromatic N) is 3. The molecule has 0 bridgehead atoms. The van der Waals surface area contributed by atoms with E-state index in [-0.39, 0.29) is 22.4 Å². The van der Waals surface area contributed by atoms with Crippen LogP contribution in [0.15, 0.2) is 0 Å². The fourth-order valence-electron chi connectivity index (χ4n) is 4.51. The van der Waals surface area contributed by atoms with Gasteiger partial charge in [-0.1, -0.05) is 62.3 Å². The minimum atomic E-state index is -2.97. The van der Waals surface area contributed by atoms with E-state index in [1.165, 1.54) is 0 Å². The van der Waals surface area contributed by atoms with Crippen molar-refractivity contribution in [1.29, 1.82) is 0 Å². The first kappa shape index (κ1) is 37.7. The molecule has 3 fully saturated rings. The number of hydrogen-bond acceptors (Lipinski definition) is 5. The van der Waals surface area contributed by atoms with Crippen LogP contribution in [0.1, 0.15) is 103 Å². The van der Waals surface area contributed by atoms with Crippen molar-refractivity contribution in [2.75, 3.05) is 39.3 Å². The summed E-state index contributed by atoms with van der Waals surface area (Å²) < 4.78 is 30.1. The predicted octanol–water partition coefficient (Wildman–Crippen LogP) is 6.36. The van der Waals surface area contributed by atoms with Crippen molar-refractivity contribution in [3.05, 3.63) is 0 Å². The zero-order valence-corrected chi connectivity index (χ0v) is 29.6. The lowest BCUT2D eigenvalue weighted by molar-refractivity contribution is -0.140. The summed E-state index contributed by atoms with van der Waals surface area (Å²) in [6, 6.07) is 0. The third kappa shape index (κ3) is 12.4. The Morgan fingerprint density at radius 2 is 1.05 bits per heavy atom. The van der Waals surface area contributed by atoms with E-state index in [1.807, 2.05) is 25.7 Å². The highest BCUT2D eigenvalue weighted by atomic mass is 32.2. The molecule has 0 N–H and O–H groups in total. The van der Waals surface area contributed by atoms with Crippen LogP contribution in [-0.4, -0.2) is 84.6 Å². The van der Waals surface area contributed by atoms with Gasteiger partial charge in [0.05, 0.1) is 5.25 Å². The summed E-state index contributed by atoms with van der Waals surface area (Å²) in [7, 11) is -2.97. The Labute approximate surface area is 253 Å². The Morgan fingerprint density at radius 1 is 0.683 bits per heavy atom. The first-order valence-corrected chi connectivity index (χ1v) is 17.2. The van der Waals surface area contributed by atoms with Crippen molar-refractivity contribution in [3.63, 3.8) is 0 Å². The molecule has 0 aromatic heterocycles. The number of likely N-dealkylation sites (tertiary alicyclic amines) is 2. The highest BCUT2D eigenvalue weighted by molar-refractivity contribution is 7.89. The lowest BCUT2D eigenvalue weighted by atomic mass is 9.86. The van der Waals surface area contributed by atoms with Crippen molar-refractivity contribution < 1.29 is 22.7 Å². The smallest absolute Gasteiger partial charge is 0.410 e. The van der Waals surface area contributed by atoms with Crippen LogP contribution in [0.4, 0.5) is 4.79 Å². The minimum Gasteiger partial charge on any atom is -0.444 e. The summed E-state index contributed by atoms with van der Waals surface area (Å²) in [4.78, 5) is 27.0.